The van der Waals surface area contributed by atoms with E-state index in [1.807, 2.05) is 19.3 Å². The molecule has 0 amide bonds. The van der Waals surface area contributed by atoms with Gasteiger partial charge in [-0.2, -0.15) is 5.10 Å². The fraction of sp³-hybridized carbons (Fsp3) is 0.308. The fourth-order valence-electron chi connectivity index (χ4n) is 1.74. The smallest absolute Gasteiger partial charge is 0.356 e. The quantitative estimate of drug-likeness (QED) is 0.785. The first kappa shape index (κ1) is 13.9. The largest absolute Gasteiger partial charge is 0.464 e. The fourth-order valence-corrected chi connectivity index (χ4v) is 1.74. The molecule has 2 aromatic rings. The zero-order chi connectivity index (χ0) is 14.5. The van der Waals surface area contributed by atoms with Crippen LogP contribution in [0.3, 0.4) is 0 Å². The van der Waals surface area contributed by atoms with Crippen molar-refractivity contribution in [2.75, 3.05) is 24.7 Å². The Morgan fingerprint density at radius 2 is 2.25 bits per heavy atom. The summed E-state index contributed by atoms with van der Waals surface area (Å²) in [6.07, 6.45) is 2.63. The number of carbonyl (C=O) groups is 1. The Bertz CT molecular complexity index is 609. The van der Waals surface area contributed by atoms with Crippen molar-refractivity contribution in [3.05, 3.63) is 35.8 Å². The molecule has 7 nitrogen and oxygen atoms in total. The van der Waals surface area contributed by atoms with Gasteiger partial charge in [0.2, 0.25) is 0 Å². The van der Waals surface area contributed by atoms with Crippen molar-refractivity contribution >= 4 is 17.5 Å². The van der Waals surface area contributed by atoms with Crippen LogP contribution >= 0.6 is 0 Å². The van der Waals surface area contributed by atoms with Gasteiger partial charge in [-0.3, -0.25) is 4.68 Å². The Morgan fingerprint density at radius 1 is 1.45 bits per heavy atom. The number of nitrogens with zero attached hydrogens (tertiary/aromatic N) is 3. The molecule has 2 aromatic heterocycles. The van der Waals surface area contributed by atoms with E-state index in [1.165, 1.54) is 13.2 Å². The number of aromatic nitrogens is 3. The van der Waals surface area contributed by atoms with Gasteiger partial charge >= 0.3 is 5.97 Å². The third-order valence-corrected chi connectivity index (χ3v) is 2.76. The molecule has 0 aliphatic rings. The summed E-state index contributed by atoms with van der Waals surface area (Å²) in [5.41, 5.74) is 7.50. The predicted molar refractivity (Wildman–Crippen MR) is 75.4 cm³/mol. The summed E-state index contributed by atoms with van der Waals surface area (Å²) in [5, 5.41) is 7.37. The van der Waals surface area contributed by atoms with Gasteiger partial charge < -0.3 is 15.8 Å². The van der Waals surface area contributed by atoms with Gasteiger partial charge in [-0.05, 0) is 18.2 Å². The van der Waals surface area contributed by atoms with Gasteiger partial charge in [0.05, 0.1) is 18.5 Å². The first-order valence-corrected chi connectivity index (χ1v) is 6.17. The molecule has 20 heavy (non-hydrogen) atoms. The van der Waals surface area contributed by atoms with Gasteiger partial charge in [0.15, 0.2) is 5.69 Å². The summed E-state index contributed by atoms with van der Waals surface area (Å²) in [5.74, 6) is -0.0124. The number of pyridine rings is 1. The number of nitrogen functional groups attached to an aromatic ring is 1. The maximum absolute atomic E-state index is 11.4. The number of esters is 1. The van der Waals surface area contributed by atoms with Crippen molar-refractivity contribution in [3.63, 3.8) is 0 Å². The standard InChI is InChI=1S/C13H17N5O2/c1-18-8-6-9(17-18)5-7-15-12-10(14)3-4-11(16-12)13(19)20-2/h3-4,6,8H,5,7,14H2,1-2H3,(H,15,16). The highest BCUT2D eigenvalue weighted by atomic mass is 16.5. The molecule has 2 rings (SSSR count). The number of carbonyl (C=O) groups excluding carboxylic acids is 1. The van der Waals surface area contributed by atoms with Crippen molar-refractivity contribution in [2.24, 2.45) is 7.05 Å². The molecule has 106 valence electrons. The second-order valence-corrected chi connectivity index (χ2v) is 4.28. The summed E-state index contributed by atoms with van der Waals surface area (Å²) in [6.45, 7) is 0.624. The van der Waals surface area contributed by atoms with Crippen LogP contribution in [0, 0.1) is 0 Å². The third kappa shape index (κ3) is 3.25. The van der Waals surface area contributed by atoms with E-state index in [9.17, 15) is 4.79 Å². The molecule has 0 aromatic carbocycles. The zero-order valence-electron chi connectivity index (χ0n) is 11.5. The Balaban J connectivity index is 1.99. The third-order valence-electron chi connectivity index (χ3n) is 2.76. The second-order valence-electron chi connectivity index (χ2n) is 4.28. The molecule has 0 spiro atoms. The van der Waals surface area contributed by atoms with E-state index in [2.05, 4.69) is 20.1 Å². The zero-order valence-corrected chi connectivity index (χ0v) is 11.5. The lowest BCUT2D eigenvalue weighted by atomic mass is 10.3. The number of aryl methyl sites for hydroxylation is 1. The van der Waals surface area contributed by atoms with Crippen molar-refractivity contribution in [2.45, 2.75) is 6.42 Å². The topological polar surface area (TPSA) is 95.1 Å². The summed E-state index contributed by atoms with van der Waals surface area (Å²) in [4.78, 5) is 15.6. The van der Waals surface area contributed by atoms with Crippen LogP contribution in [0.1, 0.15) is 16.2 Å². The number of ether oxygens (including phenoxy) is 1. The van der Waals surface area contributed by atoms with Crippen molar-refractivity contribution in [1.82, 2.24) is 14.8 Å². The van der Waals surface area contributed by atoms with Crippen LogP contribution < -0.4 is 11.1 Å². The first-order valence-electron chi connectivity index (χ1n) is 6.17. The highest BCUT2D eigenvalue weighted by molar-refractivity contribution is 5.88. The molecule has 0 aliphatic carbocycles. The normalized spacial score (nSPS) is 10.3. The minimum atomic E-state index is -0.488. The van der Waals surface area contributed by atoms with E-state index in [0.29, 0.717) is 18.1 Å². The van der Waals surface area contributed by atoms with Crippen LogP contribution in [0.4, 0.5) is 11.5 Å². The van der Waals surface area contributed by atoms with E-state index in [1.54, 1.807) is 10.7 Å². The van der Waals surface area contributed by atoms with E-state index in [-0.39, 0.29) is 5.69 Å². The highest BCUT2D eigenvalue weighted by Gasteiger charge is 2.10. The molecule has 0 saturated carbocycles. The van der Waals surface area contributed by atoms with Crippen molar-refractivity contribution in [3.8, 4) is 0 Å². The first-order chi connectivity index (χ1) is 9.60. The van der Waals surface area contributed by atoms with Gasteiger partial charge in [-0.1, -0.05) is 0 Å². The van der Waals surface area contributed by atoms with Gasteiger partial charge in [0.25, 0.3) is 0 Å². The number of hydrogen-bond acceptors (Lipinski definition) is 6. The summed E-state index contributed by atoms with van der Waals surface area (Å²) in [6, 6.07) is 5.11. The predicted octanol–water partition coefficient (Wildman–Crippen LogP) is 0.838. The van der Waals surface area contributed by atoms with Crippen LogP contribution in [0.25, 0.3) is 0 Å². The van der Waals surface area contributed by atoms with E-state index in [4.69, 9.17) is 5.73 Å². The molecule has 2 heterocycles. The molecule has 7 heteroatoms. The summed E-state index contributed by atoms with van der Waals surface area (Å²) < 4.78 is 6.37. The van der Waals surface area contributed by atoms with Gasteiger partial charge in [0, 0.05) is 26.2 Å². The highest BCUT2D eigenvalue weighted by Crippen LogP contribution is 2.16. The lowest BCUT2D eigenvalue weighted by molar-refractivity contribution is 0.0594. The van der Waals surface area contributed by atoms with Gasteiger partial charge in [0.1, 0.15) is 5.82 Å². The molecule has 0 aliphatic heterocycles. The average Bonchev–Trinajstić information content (AvgIpc) is 2.85. The van der Waals surface area contributed by atoms with Gasteiger partial charge in [-0.25, -0.2) is 9.78 Å². The Kier molecular flexibility index (Phi) is 4.19. The lowest BCUT2D eigenvalue weighted by Crippen LogP contribution is -2.12. The van der Waals surface area contributed by atoms with Crippen LogP contribution in [-0.4, -0.2) is 34.4 Å². The van der Waals surface area contributed by atoms with E-state index in [0.717, 1.165) is 12.1 Å². The van der Waals surface area contributed by atoms with Crippen LogP contribution in [0.15, 0.2) is 24.4 Å². The minimum absolute atomic E-state index is 0.224. The van der Waals surface area contributed by atoms with Gasteiger partial charge in [-0.15, -0.1) is 0 Å². The molecule has 0 atom stereocenters. The van der Waals surface area contributed by atoms with Crippen LogP contribution in [-0.2, 0) is 18.2 Å². The van der Waals surface area contributed by atoms with E-state index < -0.39 is 5.97 Å². The molecule has 0 saturated heterocycles. The maximum Gasteiger partial charge on any atom is 0.356 e. The SMILES string of the molecule is COC(=O)c1ccc(N)c(NCCc2ccn(C)n2)n1. The van der Waals surface area contributed by atoms with Crippen LogP contribution in [0.2, 0.25) is 0 Å². The number of rotatable bonds is 5. The molecular formula is C13H17N5O2. The summed E-state index contributed by atoms with van der Waals surface area (Å²) >= 11 is 0. The summed E-state index contributed by atoms with van der Waals surface area (Å²) in [7, 11) is 3.19. The Morgan fingerprint density at radius 3 is 2.90 bits per heavy atom. The van der Waals surface area contributed by atoms with Crippen molar-refractivity contribution < 1.29 is 9.53 Å². The lowest BCUT2D eigenvalue weighted by Gasteiger charge is -2.08. The average molecular weight is 275 g/mol. The number of nitrogens with one attached hydrogen (secondary N) is 1. The second kappa shape index (κ2) is 6.05. The number of methoxy groups -OCH3 is 1. The number of anilines is 2. The molecule has 0 fully saturated rings. The minimum Gasteiger partial charge on any atom is -0.464 e. The number of hydrogen-bond donors (Lipinski definition) is 2. The molecule has 0 bridgehead atoms. The Hall–Kier alpha value is -2.57. The molecular weight excluding hydrogens is 258 g/mol. The van der Waals surface area contributed by atoms with E-state index >= 15 is 0 Å². The molecule has 0 unspecified atom stereocenters. The monoisotopic (exact) mass is 275 g/mol. The van der Waals surface area contributed by atoms with Crippen LogP contribution in [0.5, 0.6) is 0 Å². The maximum atomic E-state index is 11.4. The molecule has 0 radical (unpaired) electrons. The molecule has 3 N–H and O–H groups in total. The van der Waals surface area contributed by atoms with Crippen molar-refractivity contribution in [1.29, 1.82) is 0 Å². The Labute approximate surface area is 116 Å². The number of nitrogens with two attached hydrogens (primary N) is 1.